The van der Waals surface area contributed by atoms with Crippen LogP contribution in [-0.2, 0) is 17.7 Å². The molecule has 86 valence electrons. The van der Waals surface area contributed by atoms with Crippen molar-refractivity contribution in [2.45, 2.75) is 38.8 Å². The van der Waals surface area contributed by atoms with E-state index in [9.17, 15) is 0 Å². The third-order valence-corrected chi connectivity index (χ3v) is 2.29. The van der Waals surface area contributed by atoms with E-state index in [1.165, 1.54) is 0 Å². The van der Waals surface area contributed by atoms with Crippen molar-refractivity contribution in [3.63, 3.8) is 0 Å². The standard InChI is InChI=1S/C10H20N4O/c1-9(11)4-3-5-10-13-12-8-14(10)6-7-15-2/h8-9H,3-7,11H2,1-2H3. The molecule has 1 rings (SSSR count). The lowest BCUT2D eigenvalue weighted by molar-refractivity contribution is 0.186. The molecule has 0 aliphatic heterocycles. The number of hydrogen-bond donors (Lipinski definition) is 1. The molecule has 0 radical (unpaired) electrons. The normalized spacial score (nSPS) is 13.0. The van der Waals surface area contributed by atoms with Crippen molar-refractivity contribution in [3.8, 4) is 0 Å². The van der Waals surface area contributed by atoms with Crippen molar-refractivity contribution in [1.29, 1.82) is 0 Å². The summed E-state index contributed by atoms with van der Waals surface area (Å²) in [4.78, 5) is 0. The van der Waals surface area contributed by atoms with Crippen LogP contribution in [0.5, 0.6) is 0 Å². The molecule has 1 atom stereocenters. The van der Waals surface area contributed by atoms with E-state index in [0.717, 1.165) is 31.6 Å². The average Bonchev–Trinajstić information content (AvgIpc) is 2.62. The zero-order valence-electron chi connectivity index (χ0n) is 9.52. The van der Waals surface area contributed by atoms with E-state index in [1.807, 2.05) is 11.5 Å². The van der Waals surface area contributed by atoms with E-state index >= 15 is 0 Å². The summed E-state index contributed by atoms with van der Waals surface area (Å²) in [7, 11) is 1.69. The molecule has 0 bridgehead atoms. The molecule has 5 heteroatoms. The van der Waals surface area contributed by atoms with Crippen LogP contribution in [0, 0.1) is 0 Å². The second-order valence-corrected chi connectivity index (χ2v) is 3.80. The van der Waals surface area contributed by atoms with Gasteiger partial charge in [-0.3, -0.25) is 0 Å². The van der Waals surface area contributed by atoms with Gasteiger partial charge in [0.25, 0.3) is 0 Å². The molecule has 0 fully saturated rings. The molecule has 1 aromatic rings. The number of aromatic nitrogens is 3. The Kier molecular flexibility index (Phi) is 5.28. The lowest BCUT2D eigenvalue weighted by Gasteiger charge is -2.06. The van der Waals surface area contributed by atoms with Gasteiger partial charge in [-0.15, -0.1) is 10.2 Å². The molecule has 0 saturated carbocycles. The monoisotopic (exact) mass is 212 g/mol. The molecule has 2 N–H and O–H groups in total. The first kappa shape index (κ1) is 12.1. The molecular weight excluding hydrogens is 192 g/mol. The Bertz CT molecular complexity index is 272. The molecule has 0 aromatic carbocycles. The summed E-state index contributed by atoms with van der Waals surface area (Å²) in [6.45, 7) is 3.53. The van der Waals surface area contributed by atoms with Gasteiger partial charge in [0, 0.05) is 26.1 Å². The topological polar surface area (TPSA) is 66.0 Å². The average molecular weight is 212 g/mol. The van der Waals surface area contributed by atoms with Crippen molar-refractivity contribution in [3.05, 3.63) is 12.2 Å². The zero-order valence-corrected chi connectivity index (χ0v) is 9.52. The SMILES string of the molecule is COCCn1cnnc1CCCC(C)N. The first-order valence-corrected chi connectivity index (χ1v) is 5.35. The third-order valence-electron chi connectivity index (χ3n) is 2.29. The minimum atomic E-state index is 0.264. The van der Waals surface area contributed by atoms with Gasteiger partial charge in [0.1, 0.15) is 12.2 Å². The highest BCUT2D eigenvalue weighted by Crippen LogP contribution is 2.03. The summed E-state index contributed by atoms with van der Waals surface area (Å²) < 4.78 is 7.05. The summed E-state index contributed by atoms with van der Waals surface area (Å²) in [6, 6.07) is 0.264. The Hall–Kier alpha value is -0.940. The molecule has 1 heterocycles. The smallest absolute Gasteiger partial charge is 0.132 e. The van der Waals surface area contributed by atoms with Crippen molar-refractivity contribution < 1.29 is 4.74 Å². The van der Waals surface area contributed by atoms with Crippen LogP contribution in [-0.4, -0.2) is 34.5 Å². The van der Waals surface area contributed by atoms with Crippen LogP contribution in [0.25, 0.3) is 0 Å². The van der Waals surface area contributed by atoms with Gasteiger partial charge in [-0.2, -0.15) is 0 Å². The Labute approximate surface area is 90.6 Å². The van der Waals surface area contributed by atoms with Crippen LogP contribution in [0.2, 0.25) is 0 Å². The summed E-state index contributed by atoms with van der Waals surface area (Å²) in [5.41, 5.74) is 5.69. The maximum Gasteiger partial charge on any atom is 0.132 e. The van der Waals surface area contributed by atoms with E-state index < -0.39 is 0 Å². The van der Waals surface area contributed by atoms with Crippen LogP contribution >= 0.6 is 0 Å². The van der Waals surface area contributed by atoms with Crippen LogP contribution in [0.15, 0.2) is 6.33 Å². The first-order chi connectivity index (χ1) is 7.24. The number of aryl methyl sites for hydroxylation is 1. The highest BCUT2D eigenvalue weighted by molar-refractivity contribution is 4.86. The number of methoxy groups -OCH3 is 1. The Morgan fingerprint density at radius 2 is 2.40 bits per heavy atom. The predicted molar refractivity (Wildman–Crippen MR) is 58.5 cm³/mol. The maximum absolute atomic E-state index is 5.69. The van der Waals surface area contributed by atoms with Crippen LogP contribution in [0.3, 0.4) is 0 Å². The van der Waals surface area contributed by atoms with Gasteiger partial charge in [0.2, 0.25) is 0 Å². The Morgan fingerprint density at radius 1 is 1.60 bits per heavy atom. The number of nitrogens with zero attached hydrogens (tertiary/aromatic N) is 3. The van der Waals surface area contributed by atoms with Crippen LogP contribution < -0.4 is 5.73 Å². The third kappa shape index (κ3) is 4.40. The molecule has 1 aromatic heterocycles. The first-order valence-electron chi connectivity index (χ1n) is 5.35. The zero-order chi connectivity index (χ0) is 11.1. The maximum atomic E-state index is 5.69. The largest absolute Gasteiger partial charge is 0.383 e. The van der Waals surface area contributed by atoms with E-state index in [-0.39, 0.29) is 6.04 Å². The van der Waals surface area contributed by atoms with Crippen LogP contribution in [0.1, 0.15) is 25.6 Å². The van der Waals surface area contributed by atoms with Crippen molar-refractivity contribution >= 4 is 0 Å². The lowest BCUT2D eigenvalue weighted by atomic mass is 10.1. The predicted octanol–water partition coefficient (Wildman–Crippen LogP) is 0.594. The van der Waals surface area contributed by atoms with E-state index in [1.54, 1.807) is 13.4 Å². The van der Waals surface area contributed by atoms with E-state index in [0.29, 0.717) is 6.61 Å². The molecule has 5 nitrogen and oxygen atoms in total. The summed E-state index contributed by atoms with van der Waals surface area (Å²) in [6.07, 6.45) is 4.77. The van der Waals surface area contributed by atoms with Crippen molar-refractivity contribution in [2.24, 2.45) is 5.73 Å². The van der Waals surface area contributed by atoms with E-state index in [4.69, 9.17) is 10.5 Å². The van der Waals surface area contributed by atoms with Gasteiger partial charge < -0.3 is 15.0 Å². The molecule has 0 aliphatic carbocycles. The fraction of sp³-hybridized carbons (Fsp3) is 0.800. The van der Waals surface area contributed by atoms with Crippen molar-refractivity contribution in [1.82, 2.24) is 14.8 Å². The molecule has 0 saturated heterocycles. The lowest BCUT2D eigenvalue weighted by Crippen LogP contribution is -2.15. The molecule has 0 amide bonds. The summed E-state index contributed by atoms with van der Waals surface area (Å²) in [5, 5.41) is 7.98. The molecule has 0 aliphatic rings. The van der Waals surface area contributed by atoms with Gasteiger partial charge in [-0.05, 0) is 19.8 Å². The van der Waals surface area contributed by atoms with Gasteiger partial charge in [-0.25, -0.2) is 0 Å². The van der Waals surface area contributed by atoms with Crippen molar-refractivity contribution in [2.75, 3.05) is 13.7 Å². The van der Waals surface area contributed by atoms with Gasteiger partial charge >= 0.3 is 0 Å². The Morgan fingerprint density at radius 3 is 3.07 bits per heavy atom. The molecular formula is C10H20N4O. The summed E-state index contributed by atoms with van der Waals surface area (Å²) in [5.74, 6) is 1.02. The minimum Gasteiger partial charge on any atom is -0.383 e. The molecule has 15 heavy (non-hydrogen) atoms. The van der Waals surface area contributed by atoms with E-state index in [2.05, 4.69) is 10.2 Å². The van der Waals surface area contributed by atoms with Crippen LogP contribution in [0.4, 0.5) is 0 Å². The molecule has 0 spiro atoms. The fourth-order valence-corrected chi connectivity index (χ4v) is 1.43. The van der Waals surface area contributed by atoms with Gasteiger partial charge in [-0.1, -0.05) is 0 Å². The minimum absolute atomic E-state index is 0.264. The highest BCUT2D eigenvalue weighted by atomic mass is 16.5. The summed E-state index contributed by atoms with van der Waals surface area (Å²) >= 11 is 0. The van der Waals surface area contributed by atoms with Gasteiger partial charge in [0.15, 0.2) is 0 Å². The second kappa shape index (κ2) is 6.53. The number of rotatable bonds is 7. The fourth-order valence-electron chi connectivity index (χ4n) is 1.43. The highest BCUT2D eigenvalue weighted by Gasteiger charge is 2.04. The Balaban J connectivity index is 2.35. The number of ether oxygens (including phenoxy) is 1. The molecule has 1 unspecified atom stereocenters. The van der Waals surface area contributed by atoms with Gasteiger partial charge in [0.05, 0.1) is 6.61 Å². The number of hydrogen-bond acceptors (Lipinski definition) is 4. The second-order valence-electron chi connectivity index (χ2n) is 3.80. The quantitative estimate of drug-likeness (QED) is 0.718. The number of nitrogens with two attached hydrogens (primary N) is 1.